The number of nitrogens with one attached hydrogen (secondary N) is 1. The molecule has 2 aliphatic heterocycles. The Kier molecular flexibility index (Phi) is 3.17. The summed E-state index contributed by atoms with van der Waals surface area (Å²) in [4.78, 5) is 27.5. The first-order valence-electron chi connectivity index (χ1n) is 6.45. The number of hydrogen-bond donors (Lipinski definition) is 2. The lowest BCUT2D eigenvalue weighted by Crippen LogP contribution is -2.53. The molecule has 20 heavy (non-hydrogen) atoms. The Morgan fingerprint density at radius 2 is 2.20 bits per heavy atom. The number of urea groups is 1. The second-order valence-corrected chi connectivity index (χ2v) is 5.43. The number of piperazine rings is 1. The first kappa shape index (κ1) is 13.1. The van der Waals surface area contributed by atoms with Crippen LogP contribution in [0, 0.1) is 0 Å². The van der Waals surface area contributed by atoms with E-state index < -0.39 is 0 Å². The standard InChI is InChI=1S/C13H15ClN4O2/c14-11-2-1-8(15)5-10(11)12(19)17-3-4-18-9(7-17)6-16-13(18)20/h1-2,5,9H,3-4,6-7,15H2,(H,16,20). The Morgan fingerprint density at radius 1 is 1.40 bits per heavy atom. The van der Waals surface area contributed by atoms with Crippen LogP contribution in [0.3, 0.4) is 0 Å². The van der Waals surface area contributed by atoms with Gasteiger partial charge < -0.3 is 20.9 Å². The minimum Gasteiger partial charge on any atom is -0.399 e. The van der Waals surface area contributed by atoms with Gasteiger partial charge >= 0.3 is 6.03 Å². The van der Waals surface area contributed by atoms with E-state index in [4.69, 9.17) is 17.3 Å². The van der Waals surface area contributed by atoms with E-state index in [1.165, 1.54) is 0 Å². The van der Waals surface area contributed by atoms with Gasteiger partial charge in [-0.3, -0.25) is 4.79 Å². The number of nitrogens with two attached hydrogens (primary N) is 1. The fraction of sp³-hybridized carbons (Fsp3) is 0.385. The molecule has 6 nitrogen and oxygen atoms in total. The molecule has 0 bridgehead atoms. The summed E-state index contributed by atoms with van der Waals surface area (Å²) in [7, 11) is 0. The topological polar surface area (TPSA) is 78.7 Å². The molecule has 2 aliphatic rings. The van der Waals surface area contributed by atoms with Crippen molar-refractivity contribution in [2.75, 3.05) is 31.9 Å². The van der Waals surface area contributed by atoms with Crippen molar-refractivity contribution in [3.8, 4) is 0 Å². The van der Waals surface area contributed by atoms with E-state index in [-0.39, 0.29) is 18.0 Å². The molecule has 0 radical (unpaired) electrons. The van der Waals surface area contributed by atoms with Gasteiger partial charge in [-0.2, -0.15) is 0 Å². The smallest absolute Gasteiger partial charge is 0.317 e. The van der Waals surface area contributed by atoms with Crippen LogP contribution >= 0.6 is 11.6 Å². The molecule has 2 saturated heterocycles. The van der Waals surface area contributed by atoms with Gasteiger partial charge in [-0.15, -0.1) is 0 Å². The molecule has 2 heterocycles. The van der Waals surface area contributed by atoms with E-state index in [0.717, 1.165) is 0 Å². The molecule has 0 saturated carbocycles. The van der Waals surface area contributed by atoms with Crippen LogP contribution in [0.4, 0.5) is 10.5 Å². The van der Waals surface area contributed by atoms with Crippen LogP contribution < -0.4 is 11.1 Å². The molecule has 1 aromatic rings. The maximum Gasteiger partial charge on any atom is 0.317 e. The lowest BCUT2D eigenvalue weighted by atomic mass is 10.1. The zero-order valence-corrected chi connectivity index (χ0v) is 11.6. The van der Waals surface area contributed by atoms with Crippen LogP contribution in [0.15, 0.2) is 18.2 Å². The summed E-state index contributed by atoms with van der Waals surface area (Å²) in [5, 5.41) is 3.18. The number of fused-ring (bicyclic) bond motifs is 1. The quantitative estimate of drug-likeness (QED) is 0.751. The number of benzene rings is 1. The third-order valence-corrected chi connectivity index (χ3v) is 4.07. The number of hydrogen-bond acceptors (Lipinski definition) is 3. The lowest BCUT2D eigenvalue weighted by Gasteiger charge is -2.36. The Hall–Kier alpha value is -1.95. The van der Waals surface area contributed by atoms with Crippen molar-refractivity contribution in [3.63, 3.8) is 0 Å². The number of carbonyl (C=O) groups excluding carboxylic acids is 2. The first-order chi connectivity index (χ1) is 9.56. The highest BCUT2D eigenvalue weighted by atomic mass is 35.5. The highest BCUT2D eigenvalue weighted by molar-refractivity contribution is 6.34. The molecule has 3 rings (SSSR count). The van der Waals surface area contributed by atoms with Gasteiger partial charge in [-0.05, 0) is 18.2 Å². The van der Waals surface area contributed by atoms with Crippen molar-refractivity contribution >= 4 is 29.2 Å². The molecular weight excluding hydrogens is 280 g/mol. The Labute approximate surface area is 121 Å². The molecule has 3 N–H and O–H groups in total. The third-order valence-electron chi connectivity index (χ3n) is 3.74. The monoisotopic (exact) mass is 294 g/mol. The van der Waals surface area contributed by atoms with Gasteiger partial charge in [0, 0.05) is 31.9 Å². The fourth-order valence-corrected chi connectivity index (χ4v) is 2.86. The minimum atomic E-state index is -0.138. The van der Waals surface area contributed by atoms with Gasteiger partial charge in [0.15, 0.2) is 0 Å². The predicted octanol–water partition coefficient (Wildman–Crippen LogP) is 0.772. The van der Waals surface area contributed by atoms with Gasteiger partial charge in [0.25, 0.3) is 5.91 Å². The van der Waals surface area contributed by atoms with Crippen molar-refractivity contribution in [3.05, 3.63) is 28.8 Å². The Morgan fingerprint density at radius 3 is 3.00 bits per heavy atom. The van der Waals surface area contributed by atoms with E-state index in [0.29, 0.717) is 42.5 Å². The van der Waals surface area contributed by atoms with E-state index in [2.05, 4.69) is 5.32 Å². The van der Waals surface area contributed by atoms with E-state index in [1.54, 1.807) is 28.0 Å². The summed E-state index contributed by atoms with van der Waals surface area (Å²) >= 11 is 6.06. The first-order valence-corrected chi connectivity index (χ1v) is 6.83. The zero-order chi connectivity index (χ0) is 14.3. The summed E-state index contributed by atoms with van der Waals surface area (Å²) in [5.74, 6) is -0.138. The van der Waals surface area contributed by atoms with Gasteiger partial charge in [0.2, 0.25) is 0 Å². The van der Waals surface area contributed by atoms with Crippen LogP contribution in [-0.2, 0) is 0 Å². The Bertz CT molecular complexity index is 577. The molecule has 106 valence electrons. The third kappa shape index (κ3) is 2.16. The average Bonchev–Trinajstić information content (AvgIpc) is 2.82. The zero-order valence-electron chi connectivity index (χ0n) is 10.8. The number of amides is 3. The molecule has 0 spiro atoms. The lowest BCUT2D eigenvalue weighted by molar-refractivity contribution is 0.0617. The summed E-state index contributed by atoms with van der Waals surface area (Å²) in [6.07, 6.45) is 0. The van der Waals surface area contributed by atoms with Crippen LogP contribution in [0.2, 0.25) is 5.02 Å². The van der Waals surface area contributed by atoms with Crippen molar-refractivity contribution in [2.45, 2.75) is 6.04 Å². The number of nitrogens with zero attached hydrogens (tertiary/aromatic N) is 2. The maximum atomic E-state index is 12.5. The largest absolute Gasteiger partial charge is 0.399 e. The van der Waals surface area contributed by atoms with Crippen molar-refractivity contribution in [1.82, 2.24) is 15.1 Å². The fourth-order valence-electron chi connectivity index (χ4n) is 2.67. The minimum absolute atomic E-state index is 0.0417. The second kappa shape index (κ2) is 4.86. The molecule has 3 amide bonds. The molecule has 1 atom stereocenters. The molecule has 7 heteroatoms. The molecule has 1 aromatic carbocycles. The molecule has 0 aromatic heterocycles. The number of rotatable bonds is 1. The van der Waals surface area contributed by atoms with E-state index in [1.807, 2.05) is 0 Å². The highest BCUT2D eigenvalue weighted by Gasteiger charge is 2.37. The number of anilines is 1. The maximum absolute atomic E-state index is 12.5. The SMILES string of the molecule is Nc1ccc(Cl)c(C(=O)N2CCN3C(=O)NCC3C2)c1. The van der Waals surface area contributed by atoms with Crippen molar-refractivity contribution in [1.29, 1.82) is 0 Å². The molecule has 0 aliphatic carbocycles. The number of carbonyl (C=O) groups is 2. The molecule has 2 fully saturated rings. The van der Waals surface area contributed by atoms with E-state index in [9.17, 15) is 9.59 Å². The van der Waals surface area contributed by atoms with Gasteiger partial charge in [0.05, 0.1) is 16.6 Å². The van der Waals surface area contributed by atoms with Crippen LogP contribution in [0.5, 0.6) is 0 Å². The summed E-state index contributed by atoms with van der Waals surface area (Å²) < 4.78 is 0. The van der Waals surface area contributed by atoms with Gasteiger partial charge in [-0.25, -0.2) is 4.79 Å². The normalized spacial score (nSPS) is 21.6. The average molecular weight is 295 g/mol. The Balaban J connectivity index is 1.78. The second-order valence-electron chi connectivity index (χ2n) is 5.02. The molecule has 1 unspecified atom stereocenters. The summed E-state index contributed by atoms with van der Waals surface area (Å²) in [6, 6.07) is 4.87. The molecular formula is C13H15ClN4O2. The summed E-state index contributed by atoms with van der Waals surface area (Å²) in [6.45, 7) is 2.14. The van der Waals surface area contributed by atoms with Crippen molar-refractivity contribution < 1.29 is 9.59 Å². The van der Waals surface area contributed by atoms with Crippen LogP contribution in [0.25, 0.3) is 0 Å². The highest BCUT2D eigenvalue weighted by Crippen LogP contribution is 2.23. The summed E-state index contributed by atoms with van der Waals surface area (Å²) in [5.41, 5.74) is 6.63. The van der Waals surface area contributed by atoms with Gasteiger partial charge in [-0.1, -0.05) is 11.6 Å². The van der Waals surface area contributed by atoms with Crippen LogP contribution in [0.1, 0.15) is 10.4 Å². The number of halogens is 1. The van der Waals surface area contributed by atoms with Gasteiger partial charge in [0.1, 0.15) is 0 Å². The van der Waals surface area contributed by atoms with Crippen LogP contribution in [-0.4, -0.2) is 54.0 Å². The number of nitrogen functional groups attached to an aromatic ring is 1. The van der Waals surface area contributed by atoms with E-state index >= 15 is 0 Å². The van der Waals surface area contributed by atoms with Crippen molar-refractivity contribution in [2.24, 2.45) is 0 Å². The predicted molar refractivity (Wildman–Crippen MR) is 75.7 cm³/mol.